The predicted molar refractivity (Wildman–Crippen MR) is 82.3 cm³/mol. The van der Waals surface area contributed by atoms with Gasteiger partial charge in [0.25, 0.3) is 11.8 Å². The van der Waals surface area contributed by atoms with Crippen LogP contribution in [-0.2, 0) is 16.1 Å². The maximum atomic E-state index is 13.1. The third-order valence-electron chi connectivity index (χ3n) is 3.78. The number of carbonyl (C=O) groups excluding carboxylic acids is 3. The standard InChI is InChI=1S/C18H13F2NO4/c19-14-9-8-11(10-15(14)20)4-3-7-16(22)25-21-17(23)12-5-1-2-6-13(12)18(21)24/h1-2,5-6,8-10H,3-4,7H2. The van der Waals surface area contributed by atoms with Crippen LogP contribution < -0.4 is 0 Å². The van der Waals surface area contributed by atoms with E-state index < -0.39 is 29.4 Å². The number of aryl methyl sites for hydroxylation is 1. The topological polar surface area (TPSA) is 63.7 Å². The van der Waals surface area contributed by atoms with Crippen LogP contribution in [0.1, 0.15) is 39.1 Å². The largest absolute Gasteiger partial charge is 0.333 e. The summed E-state index contributed by atoms with van der Waals surface area (Å²) in [4.78, 5) is 40.8. The highest BCUT2D eigenvalue weighted by molar-refractivity contribution is 6.20. The molecule has 3 rings (SSSR count). The van der Waals surface area contributed by atoms with Crippen LogP contribution in [-0.4, -0.2) is 22.8 Å². The first-order valence-electron chi connectivity index (χ1n) is 7.60. The van der Waals surface area contributed by atoms with Crippen molar-refractivity contribution in [1.82, 2.24) is 5.06 Å². The summed E-state index contributed by atoms with van der Waals surface area (Å²) in [6.07, 6.45) is 0.549. The molecule has 0 fully saturated rings. The summed E-state index contributed by atoms with van der Waals surface area (Å²) in [6.45, 7) is 0. The molecule has 5 nitrogen and oxygen atoms in total. The van der Waals surface area contributed by atoms with Crippen LogP contribution in [0.4, 0.5) is 8.78 Å². The van der Waals surface area contributed by atoms with Crippen molar-refractivity contribution in [3.05, 3.63) is 70.8 Å². The minimum Gasteiger partial charge on any atom is -0.330 e. The van der Waals surface area contributed by atoms with Gasteiger partial charge in [0.05, 0.1) is 11.1 Å². The van der Waals surface area contributed by atoms with Crippen LogP contribution >= 0.6 is 0 Å². The minimum absolute atomic E-state index is 0.0770. The lowest BCUT2D eigenvalue weighted by Crippen LogP contribution is -2.32. The van der Waals surface area contributed by atoms with Gasteiger partial charge in [0, 0.05) is 6.42 Å². The Labute approximate surface area is 141 Å². The van der Waals surface area contributed by atoms with E-state index in [9.17, 15) is 23.2 Å². The van der Waals surface area contributed by atoms with Crippen molar-refractivity contribution in [2.45, 2.75) is 19.3 Å². The summed E-state index contributed by atoms with van der Waals surface area (Å²) in [5.41, 5.74) is 0.900. The molecule has 0 radical (unpaired) electrons. The highest BCUT2D eigenvalue weighted by Gasteiger charge is 2.38. The van der Waals surface area contributed by atoms with Crippen LogP contribution in [0.5, 0.6) is 0 Å². The number of benzene rings is 2. The van der Waals surface area contributed by atoms with Gasteiger partial charge in [0.1, 0.15) is 0 Å². The SMILES string of the molecule is O=C(CCCc1ccc(F)c(F)c1)ON1C(=O)c2ccccc2C1=O. The van der Waals surface area contributed by atoms with Crippen molar-refractivity contribution in [2.24, 2.45) is 0 Å². The van der Waals surface area contributed by atoms with Crippen molar-refractivity contribution in [2.75, 3.05) is 0 Å². The molecule has 1 aliphatic rings. The van der Waals surface area contributed by atoms with Gasteiger partial charge in [-0.15, -0.1) is 0 Å². The molecule has 2 aromatic carbocycles. The Morgan fingerprint density at radius 3 is 2.20 bits per heavy atom. The van der Waals surface area contributed by atoms with Crippen molar-refractivity contribution in [3.8, 4) is 0 Å². The highest BCUT2D eigenvalue weighted by atomic mass is 19.2. The van der Waals surface area contributed by atoms with Crippen molar-refractivity contribution < 1.29 is 28.0 Å². The van der Waals surface area contributed by atoms with Crippen LogP contribution in [0, 0.1) is 11.6 Å². The Bertz CT molecular complexity index is 831. The Morgan fingerprint density at radius 1 is 0.960 bits per heavy atom. The van der Waals surface area contributed by atoms with Gasteiger partial charge in [-0.25, -0.2) is 13.6 Å². The molecule has 128 valence electrons. The zero-order chi connectivity index (χ0) is 18.0. The van der Waals surface area contributed by atoms with E-state index in [2.05, 4.69) is 0 Å². The minimum atomic E-state index is -0.953. The molecule has 1 heterocycles. The third-order valence-corrected chi connectivity index (χ3v) is 3.78. The van der Waals surface area contributed by atoms with Gasteiger partial charge in [-0.3, -0.25) is 9.59 Å². The Hall–Kier alpha value is -3.09. The molecule has 25 heavy (non-hydrogen) atoms. The van der Waals surface area contributed by atoms with E-state index >= 15 is 0 Å². The first kappa shape index (κ1) is 16.8. The van der Waals surface area contributed by atoms with Gasteiger partial charge in [-0.1, -0.05) is 23.3 Å². The molecule has 0 N–H and O–H groups in total. The fraction of sp³-hybridized carbons (Fsp3) is 0.167. The Morgan fingerprint density at radius 2 is 1.60 bits per heavy atom. The molecule has 2 amide bonds. The number of carbonyl (C=O) groups is 3. The van der Waals surface area contributed by atoms with Crippen molar-refractivity contribution in [3.63, 3.8) is 0 Å². The van der Waals surface area contributed by atoms with Gasteiger partial charge >= 0.3 is 5.97 Å². The molecule has 0 aliphatic carbocycles. The van der Waals surface area contributed by atoms with E-state index in [1.54, 1.807) is 12.1 Å². The molecular weight excluding hydrogens is 332 g/mol. The summed E-state index contributed by atoms with van der Waals surface area (Å²) in [7, 11) is 0. The zero-order valence-corrected chi connectivity index (χ0v) is 13.0. The van der Waals surface area contributed by atoms with Crippen molar-refractivity contribution >= 4 is 17.8 Å². The van der Waals surface area contributed by atoms with Crippen LogP contribution in [0.3, 0.4) is 0 Å². The fourth-order valence-electron chi connectivity index (χ4n) is 2.53. The number of fused-ring (bicyclic) bond motifs is 1. The molecule has 0 unspecified atom stereocenters. The van der Waals surface area contributed by atoms with Crippen molar-refractivity contribution in [1.29, 1.82) is 0 Å². The maximum absolute atomic E-state index is 13.1. The molecular formula is C18H13F2NO4. The van der Waals surface area contributed by atoms with E-state index in [0.29, 0.717) is 23.5 Å². The lowest BCUT2D eigenvalue weighted by Gasteiger charge is -2.12. The van der Waals surface area contributed by atoms with E-state index in [0.717, 1.165) is 12.1 Å². The molecule has 1 aliphatic heterocycles. The quantitative estimate of drug-likeness (QED) is 0.782. The predicted octanol–water partition coefficient (Wildman–Crippen LogP) is 3.04. The van der Waals surface area contributed by atoms with E-state index in [1.165, 1.54) is 18.2 Å². The lowest BCUT2D eigenvalue weighted by atomic mass is 10.1. The summed E-state index contributed by atoms with van der Waals surface area (Å²) in [5, 5.41) is 0.449. The third kappa shape index (κ3) is 3.40. The zero-order valence-electron chi connectivity index (χ0n) is 13.0. The second-order valence-corrected chi connectivity index (χ2v) is 5.52. The summed E-state index contributed by atoms with van der Waals surface area (Å²) >= 11 is 0. The Balaban J connectivity index is 1.54. The van der Waals surface area contributed by atoms with E-state index in [-0.39, 0.29) is 17.5 Å². The molecule has 2 aromatic rings. The molecule has 0 atom stereocenters. The summed E-state index contributed by atoms with van der Waals surface area (Å²) in [5.74, 6) is -4.01. The van der Waals surface area contributed by atoms with Gasteiger partial charge in [-0.05, 0) is 42.7 Å². The molecule has 0 saturated carbocycles. The normalized spacial score (nSPS) is 13.1. The molecule has 0 aromatic heterocycles. The maximum Gasteiger partial charge on any atom is 0.333 e. The van der Waals surface area contributed by atoms with Gasteiger partial charge in [0.2, 0.25) is 0 Å². The average molecular weight is 345 g/mol. The van der Waals surface area contributed by atoms with Crippen LogP contribution in [0.2, 0.25) is 0 Å². The lowest BCUT2D eigenvalue weighted by molar-refractivity contribution is -0.168. The number of halogens is 2. The van der Waals surface area contributed by atoms with E-state index in [4.69, 9.17) is 4.84 Å². The first-order chi connectivity index (χ1) is 12.0. The van der Waals surface area contributed by atoms with Crippen LogP contribution in [0.25, 0.3) is 0 Å². The molecule has 0 saturated heterocycles. The highest BCUT2D eigenvalue weighted by Crippen LogP contribution is 2.23. The summed E-state index contributed by atoms with van der Waals surface area (Å²) in [6, 6.07) is 9.67. The first-order valence-corrected chi connectivity index (χ1v) is 7.60. The number of hydrogen-bond donors (Lipinski definition) is 0. The second-order valence-electron chi connectivity index (χ2n) is 5.52. The molecule has 0 bridgehead atoms. The number of nitrogens with zero attached hydrogens (tertiary/aromatic N) is 1. The van der Waals surface area contributed by atoms with Gasteiger partial charge in [0.15, 0.2) is 11.6 Å². The van der Waals surface area contributed by atoms with Gasteiger partial charge in [-0.2, -0.15) is 0 Å². The van der Waals surface area contributed by atoms with E-state index in [1.807, 2.05) is 0 Å². The Kier molecular flexibility index (Phi) is 4.56. The fourth-order valence-corrected chi connectivity index (χ4v) is 2.53. The molecule has 7 heteroatoms. The van der Waals surface area contributed by atoms with Crippen LogP contribution in [0.15, 0.2) is 42.5 Å². The number of hydrogen-bond acceptors (Lipinski definition) is 4. The number of hydroxylamine groups is 2. The molecule has 0 spiro atoms. The summed E-state index contributed by atoms with van der Waals surface area (Å²) < 4.78 is 25.9. The number of rotatable bonds is 5. The second kappa shape index (κ2) is 6.80. The average Bonchev–Trinajstić information content (AvgIpc) is 2.83. The van der Waals surface area contributed by atoms with Gasteiger partial charge < -0.3 is 4.84 Å². The monoisotopic (exact) mass is 345 g/mol. The number of imide groups is 1. The smallest absolute Gasteiger partial charge is 0.330 e. The number of amides is 2.